The van der Waals surface area contributed by atoms with E-state index in [4.69, 9.17) is 31.5 Å². The lowest BCUT2D eigenvalue weighted by atomic mass is 10.1. The molecule has 1 aromatic heterocycles. The van der Waals surface area contributed by atoms with Gasteiger partial charge in [0.05, 0.1) is 43.2 Å². The zero-order valence-electron chi connectivity index (χ0n) is 18.3. The Bertz CT molecular complexity index is 1320. The molecule has 0 bridgehead atoms. The van der Waals surface area contributed by atoms with Gasteiger partial charge in [-0.2, -0.15) is 0 Å². The maximum Gasteiger partial charge on any atom is 0.165 e. The molecule has 0 spiro atoms. The Morgan fingerprint density at radius 3 is 2.42 bits per heavy atom. The van der Waals surface area contributed by atoms with E-state index in [2.05, 4.69) is 9.97 Å². The Kier molecular flexibility index (Phi) is 6.37. The molecule has 33 heavy (non-hydrogen) atoms. The normalized spacial score (nSPS) is 10.8. The van der Waals surface area contributed by atoms with Crippen LogP contribution in [0.15, 0.2) is 54.9 Å². The monoisotopic (exact) mass is 468 g/mol. The number of nitrogens with two attached hydrogens (primary N) is 1. The second-order valence-electron chi connectivity index (χ2n) is 7.16. The molecule has 0 saturated carbocycles. The Morgan fingerprint density at radius 2 is 1.70 bits per heavy atom. The summed E-state index contributed by atoms with van der Waals surface area (Å²) in [6, 6.07) is 13.8. The highest BCUT2D eigenvalue weighted by Crippen LogP contribution is 2.38. The third-order valence-electron chi connectivity index (χ3n) is 5.23. The summed E-state index contributed by atoms with van der Waals surface area (Å²) in [5.74, 6) is 1.54. The van der Waals surface area contributed by atoms with E-state index in [1.807, 2.05) is 12.1 Å². The maximum absolute atomic E-state index is 15.2. The average molecular weight is 469 g/mol. The van der Waals surface area contributed by atoms with Crippen molar-refractivity contribution in [3.05, 3.63) is 71.3 Å². The van der Waals surface area contributed by atoms with Gasteiger partial charge in [-0.15, -0.1) is 0 Å². The molecule has 4 rings (SSSR count). The smallest absolute Gasteiger partial charge is 0.165 e. The number of benzene rings is 3. The number of nitrogen functional groups attached to an aromatic ring is 1. The lowest BCUT2D eigenvalue weighted by molar-refractivity contribution is 0.354. The topological polar surface area (TPSA) is 82.7 Å². The SMILES string of the molecule is COc1cc2ncnc(N(Cc3ccc(OC)c(OC)c3)c3cccc(Cl)c3F)c2cc1N. The second-order valence-corrected chi connectivity index (χ2v) is 7.56. The number of hydrogen-bond donors (Lipinski definition) is 1. The summed E-state index contributed by atoms with van der Waals surface area (Å²) >= 11 is 6.11. The lowest BCUT2D eigenvalue weighted by Crippen LogP contribution is -2.20. The van der Waals surface area contributed by atoms with Crippen molar-refractivity contribution in [2.75, 3.05) is 32.0 Å². The lowest BCUT2D eigenvalue weighted by Gasteiger charge is -2.26. The average Bonchev–Trinajstić information content (AvgIpc) is 2.83. The summed E-state index contributed by atoms with van der Waals surface area (Å²) in [4.78, 5) is 10.5. The van der Waals surface area contributed by atoms with Gasteiger partial charge in [-0.25, -0.2) is 14.4 Å². The molecule has 4 aromatic rings. The van der Waals surface area contributed by atoms with E-state index < -0.39 is 5.82 Å². The minimum atomic E-state index is -0.562. The third kappa shape index (κ3) is 4.29. The van der Waals surface area contributed by atoms with Crippen molar-refractivity contribution in [2.24, 2.45) is 0 Å². The fraction of sp³-hybridized carbons (Fsp3) is 0.167. The van der Waals surface area contributed by atoms with Crippen LogP contribution in [0.4, 0.5) is 21.6 Å². The van der Waals surface area contributed by atoms with Crippen molar-refractivity contribution in [2.45, 2.75) is 6.54 Å². The number of rotatable bonds is 7. The molecule has 9 heteroatoms. The van der Waals surface area contributed by atoms with Crippen LogP contribution >= 0.6 is 11.6 Å². The van der Waals surface area contributed by atoms with Crippen LogP contribution in [0.3, 0.4) is 0 Å². The van der Waals surface area contributed by atoms with E-state index in [1.54, 1.807) is 49.5 Å². The van der Waals surface area contributed by atoms with Gasteiger partial charge in [-0.3, -0.25) is 0 Å². The summed E-state index contributed by atoms with van der Waals surface area (Å²) in [6.45, 7) is 0.260. The number of hydrogen-bond acceptors (Lipinski definition) is 7. The number of halogens is 2. The Hall–Kier alpha value is -3.78. The van der Waals surface area contributed by atoms with Crippen LogP contribution in [0, 0.1) is 5.82 Å². The van der Waals surface area contributed by atoms with E-state index in [9.17, 15) is 0 Å². The van der Waals surface area contributed by atoms with Gasteiger partial charge in [-0.1, -0.05) is 23.7 Å². The van der Waals surface area contributed by atoms with Crippen LogP contribution in [-0.4, -0.2) is 31.3 Å². The largest absolute Gasteiger partial charge is 0.495 e. The molecule has 0 radical (unpaired) electrons. The van der Waals surface area contributed by atoms with Crippen molar-refractivity contribution < 1.29 is 18.6 Å². The van der Waals surface area contributed by atoms with Gasteiger partial charge >= 0.3 is 0 Å². The molecule has 0 atom stereocenters. The molecule has 0 fully saturated rings. The summed E-state index contributed by atoms with van der Waals surface area (Å²) in [6.07, 6.45) is 1.41. The number of fused-ring (bicyclic) bond motifs is 1. The molecule has 0 unspecified atom stereocenters. The number of anilines is 3. The summed E-state index contributed by atoms with van der Waals surface area (Å²) in [5.41, 5.74) is 8.26. The first kappa shape index (κ1) is 22.4. The Morgan fingerprint density at radius 1 is 0.939 bits per heavy atom. The standard InChI is InChI=1S/C24H22ClFN4O3/c1-31-20-8-7-14(9-22(20)33-3)12-30(19-6-4-5-16(25)23(19)26)24-15-10-17(27)21(32-2)11-18(15)28-13-29-24/h4-11,13H,12,27H2,1-3H3. The minimum Gasteiger partial charge on any atom is -0.495 e. The van der Waals surface area contributed by atoms with Gasteiger partial charge in [0, 0.05) is 18.0 Å². The van der Waals surface area contributed by atoms with Crippen molar-refractivity contribution in [1.82, 2.24) is 9.97 Å². The van der Waals surface area contributed by atoms with Crippen molar-refractivity contribution >= 4 is 39.7 Å². The van der Waals surface area contributed by atoms with Crippen LogP contribution in [0.2, 0.25) is 5.02 Å². The number of nitrogens with zero attached hydrogens (tertiary/aromatic N) is 3. The van der Waals surface area contributed by atoms with Gasteiger partial charge < -0.3 is 24.8 Å². The van der Waals surface area contributed by atoms with E-state index in [-0.39, 0.29) is 17.3 Å². The van der Waals surface area contributed by atoms with Gasteiger partial charge in [0.15, 0.2) is 17.3 Å². The molecule has 7 nitrogen and oxygen atoms in total. The first-order valence-corrected chi connectivity index (χ1v) is 10.3. The van der Waals surface area contributed by atoms with E-state index >= 15 is 4.39 Å². The zero-order chi connectivity index (χ0) is 23.5. The quantitative estimate of drug-likeness (QED) is 0.365. The fourth-order valence-electron chi connectivity index (χ4n) is 3.62. The molecular formula is C24H22ClFN4O3. The van der Waals surface area contributed by atoms with Crippen molar-refractivity contribution in [3.8, 4) is 17.2 Å². The first-order chi connectivity index (χ1) is 16.0. The van der Waals surface area contributed by atoms with Crippen LogP contribution in [-0.2, 0) is 6.54 Å². The highest BCUT2D eigenvalue weighted by atomic mass is 35.5. The first-order valence-electron chi connectivity index (χ1n) is 9.97. The molecule has 0 aliphatic rings. The Labute approximate surface area is 195 Å². The van der Waals surface area contributed by atoms with E-state index in [0.717, 1.165) is 5.56 Å². The van der Waals surface area contributed by atoms with Gasteiger partial charge in [-0.05, 0) is 35.9 Å². The van der Waals surface area contributed by atoms with Crippen LogP contribution < -0.4 is 24.8 Å². The van der Waals surface area contributed by atoms with Gasteiger partial charge in [0.1, 0.15) is 17.9 Å². The fourth-order valence-corrected chi connectivity index (χ4v) is 3.79. The van der Waals surface area contributed by atoms with E-state index in [1.165, 1.54) is 19.5 Å². The third-order valence-corrected chi connectivity index (χ3v) is 5.52. The molecular weight excluding hydrogens is 447 g/mol. The highest BCUT2D eigenvalue weighted by molar-refractivity contribution is 6.31. The molecule has 0 aliphatic heterocycles. The molecule has 0 aliphatic carbocycles. The molecule has 0 saturated heterocycles. The highest BCUT2D eigenvalue weighted by Gasteiger charge is 2.21. The minimum absolute atomic E-state index is 0.00403. The molecule has 3 aromatic carbocycles. The summed E-state index contributed by atoms with van der Waals surface area (Å²) in [5, 5.41) is 0.639. The van der Waals surface area contributed by atoms with Crippen molar-refractivity contribution in [1.29, 1.82) is 0 Å². The maximum atomic E-state index is 15.2. The molecule has 1 heterocycles. The summed E-state index contributed by atoms with van der Waals surface area (Å²) in [7, 11) is 4.66. The van der Waals surface area contributed by atoms with Crippen molar-refractivity contribution in [3.63, 3.8) is 0 Å². The van der Waals surface area contributed by atoms with Gasteiger partial charge in [0.2, 0.25) is 0 Å². The van der Waals surface area contributed by atoms with Crippen LogP contribution in [0.5, 0.6) is 17.2 Å². The van der Waals surface area contributed by atoms with Crippen LogP contribution in [0.1, 0.15) is 5.56 Å². The Balaban J connectivity index is 1.91. The zero-order valence-corrected chi connectivity index (χ0v) is 19.1. The predicted molar refractivity (Wildman–Crippen MR) is 127 cm³/mol. The molecule has 2 N–H and O–H groups in total. The van der Waals surface area contributed by atoms with E-state index in [0.29, 0.717) is 39.7 Å². The predicted octanol–water partition coefficient (Wildman–Crippen LogP) is 5.37. The molecule has 0 amide bonds. The van der Waals surface area contributed by atoms with Gasteiger partial charge in [0.25, 0.3) is 0 Å². The number of ether oxygens (including phenoxy) is 3. The van der Waals surface area contributed by atoms with Crippen LogP contribution in [0.25, 0.3) is 10.9 Å². The number of aromatic nitrogens is 2. The molecule has 170 valence electrons. The number of methoxy groups -OCH3 is 3. The second kappa shape index (κ2) is 9.38. The summed E-state index contributed by atoms with van der Waals surface area (Å²) < 4.78 is 31.3.